The maximum absolute atomic E-state index is 13.3. The third-order valence-electron chi connectivity index (χ3n) is 5.95. The maximum Gasteiger partial charge on any atom is 0.264 e. The number of benzene rings is 3. The number of halogens is 1. The van der Waals surface area contributed by atoms with Crippen LogP contribution in [0.5, 0.6) is 0 Å². The van der Waals surface area contributed by atoms with Gasteiger partial charge in [-0.3, -0.25) is 9.10 Å². The number of carbonyl (C=O) groups excluding carboxylic acids is 1. The summed E-state index contributed by atoms with van der Waals surface area (Å²) in [6.07, 6.45) is 2.28. The number of hydrogen-bond acceptors (Lipinski definition) is 3. The predicted octanol–water partition coefficient (Wildman–Crippen LogP) is 5.23. The number of anilines is 1. The molecule has 1 aliphatic rings. The lowest BCUT2D eigenvalue weighted by atomic mass is 10.0. The largest absolute Gasteiger partial charge is 0.350 e. The van der Waals surface area contributed by atoms with Crippen molar-refractivity contribution in [2.75, 3.05) is 4.31 Å². The summed E-state index contributed by atoms with van der Waals surface area (Å²) in [7, 11) is -3.73. The Morgan fingerprint density at radius 1 is 1.09 bits per heavy atom. The molecule has 0 saturated heterocycles. The van der Waals surface area contributed by atoms with Gasteiger partial charge in [0.05, 0.1) is 10.6 Å². The lowest BCUT2D eigenvalue weighted by Gasteiger charge is -2.24. The monoisotopic (exact) mass is 482 g/mol. The van der Waals surface area contributed by atoms with Gasteiger partial charge in [-0.15, -0.1) is 0 Å². The topological polar surface area (TPSA) is 66.5 Å². The van der Waals surface area contributed by atoms with Crippen molar-refractivity contribution in [3.63, 3.8) is 0 Å². The molecule has 0 bridgehead atoms. The number of aryl methyl sites for hydroxylation is 1. The molecule has 1 amide bonds. The van der Waals surface area contributed by atoms with Gasteiger partial charge in [0.15, 0.2) is 0 Å². The molecular formula is C26H27ClN2O3S. The van der Waals surface area contributed by atoms with Gasteiger partial charge in [-0.2, -0.15) is 0 Å². The Labute approximate surface area is 200 Å². The standard InChI is InChI=1S/C26H27ClN2O3S/c1-18(8-9-20-6-4-3-5-7-20)28-26(30)21-10-15-25-22(17-21)16-19(2)29(25)33(31,32)24-13-11-23(27)12-14-24/h3-7,10-15,17-19H,8-9,16H2,1-2H3,(H,28,30)/t18-,19+/m0/s1. The number of sulfonamides is 1. The van der Waals surface area contributed by atoms with Crippen molar-refractivity contribution >= 4 is 33.2 Å². The number of nitrogens with zero attached hydrogens (tertiary/aromatic N) is 1. The molecule has 1 heterocycles. The van der Waals surface area contributed by atoms with E-state index in [1.165, 1.54) is 22.0 Å². The molecule has 2 atom stereocenters. The normalized spacial score (nSPS) is 16.3. The van der Waals surface area contributed by atoms with Crippen molar-refractivity contribution in [3.8, 4) is 0 Å². The average Bonchev–Trinajstić information content (AvgIpc) is 3.14. The van der Waals surface area contributed by atoms with Crippen molar-refractivity contribution in [1.82, 2.24) is 5.32 Å². The zero-order valence-electron chi connectivity index (χ0n) is 18.7. The lowest BCUT2D eigenvalue weighted by Crippen LogP contribution is -2.35. The number of nitrogens with one attached hydrogen (secondary N) is 1. The van der Waals surface area contributed by atoms with Crippen LogP contribution in [0.1, 0.15) is 41.8 Å². The summed E-state index contributed by atoms with van der Waals surface area (Å²) in [5.74, 6) is -0.148. The fourth-order valence-corrected chi connectivity index (χ4v) is 6.06. The van der Waals surface area contributed by atoms with Crippen molar-refractivity contribution in [2.45, 2.75) is 50.1 Å². The Morgan fingerprint density at radius 3 is 2.48 bits per heavy atom. The minimum Gasteiger partial charge on any atom is -0.350 e. The van der Waals surface area contributed by atoms with E-state index in [0.717, 1.165) is 18.4 Å². The van der Waals surface area contributed by atoms with E-state index >= 15 is 0 Å². The molecule has 0 aromatic heterocycles. The first-order valence-corrected chi connectivity index (χ1v) is 12.9. The van der Waals surface area contributed by atoms with E-state index in [-0.39, 0.29) is 22.9 Å². The molecule has 1 aliphatic heterocycles. The predicted molar refractivity (Wildman–Crippen MR) is 132 cm³/mol. The Bertz CT molecular complexity index is 1240. The lowest BCUT2D eigenvalue weighted by molar-refractivity contribution is 0.0938. The molecule has 33 heavy (non-hydrogen) atoms. The molecule has 0 unspecified atom stereocenters. The van der Waals surface area contributed by atoms with E-state index in [1.54, 1.807) is 24.3 Å². The van der Waals surface area contributed by atoms with Gasteiger partial charge in [0.2, 0.25) is 0 Å². The molecule has 0 aliphatic carbocycles. The van der Waals surface area contributed by atoms with Crippen molar-refractivity contribution in [3.05, 3.63) is 94.5 Å². The van der Waals surface area contributed by atoms with E-state index < -0.39 is 10.0 Å². The van der Waals surface area contributed by atoms with Crippen molar-refractivity contribution in [1.29, 1.82) is 0 Å². The number of carbonyl (C=O) groups is 1. The molecule has 0 saturated carbocycles. The molecule has 4 rings (SSSR count). The zero-order chi connectivity index (χ0) is 23.6. The van der Waals surface area contributed by atoms with Gasteiger partial charge in [-0.25, -0.2) is 8.42 Å². The highest BCUT2D eigenvalue weighted by atomic mass is 35.5. The van der Waals surface area contributed by atoms with Crippen LogP contribution in [-0.2, 0) is 22.9 Å². The molecule has 3 aromatic rings. The first kappa shape index (κ1) is 23.3. The zero-order valence-corrected chi connectivity index (χ0v) is 20.2. The molecule has 172 valence electrons. The minimum absolute atomic E-state index is 0.0201. The van der Waals surface area contributed by atoms with Gasteiger partial charge >= 0.3 is 0 Å². The number of hydrogen-bond donors (Lipinski definition) is 1. The summed E-state index contributed by atoms with van der Waals surface area (Å²) in [6, 6.07) is 21.4. The fraction of sp³-hybridized carbons (Fsp3) is 0.269. The summed E-state index contributed by atoms with van der Waals surface area (Å²) in [6.45, 7) is 3.87. The molecule has 0 radical (unpaired) electrons. The van der Waals surface area contributed by atoms with E-state index in [9.17, 15) is 13.2 Å². The summed E-state index contributed by atoms with van der Waals surface area (Å²) in [4.78, 5) is 13.0. The number of amides is 1. The Kier molecular flexibility index (Phi) is 6.77. The van der Waals surface area contributed by atoms with E-state index in [4.69, 9.17) is 11.6 Å². The van der Waals surface area contributed by atoms with Crippen LogP contribution in [0.15, 0.2) is 77.7 Å². The average molecular weight is 483 g/mol. The van der Waals surface area contributed by atoms with E-state index in [2.05, 4.69) is 17.4 Å². The van der Waals surface area contributed by atoms with Crippen LogP contribution in [0.25, 0.3) is 0 Å². The van der Waals surface area contributed by atoms with Crippen LogP contribution in [0.2, 0.25) is 5.02 Å². The minimum atomic E-state index is -3.73. The summed E-state index contributed by atoms with van der Waals surface area (Å²) < 4.78 is 28.0. The van der Waals surface area contributed by atoms with Crippen molar-refractivity contribution < 1.29 is 13.2 Å². The molecule has 3 aromatic carbocycles. The van der Waals surface area contributed by atoms with E-state index in [0.29, 0.717) is 22.7 Å². The third-order valence-corrected chi connectivity index (χ3v) is 8.15. The second-order valence-electron chi connectivity index (χ2n) is 8.55. The third kappa shape index (κ3) is 5.07. The molecular weight excluding hydrogens is 456 g/mol. The highest BCUT2D eigenvalue weighted by molar-refractivity contribution is 7.92. The summed E-state index contributed by atoms with van der Waals surface area (Å²) >= 11 is 5.92. The summed E-state index contributed by atoms with van der Waals surface area (Å²) in [5.41, 5.74) is 3.25. The fourth-order valence-electron chi connectivity index (χ4n) is 4.24. The molecule has 5 nitrogen and oxygen atoms in total. The SMILES string of the molecule is C[C@@H]1Cc2cc(C(=O)N[C@@H](C)CCc3ccccc3)ccc2N1S(=O)(=O)c1ccc(Cl)cc1. The second kappa shape index (κ2) is 9.57. The second-order valence-corrected chi connectivity index (χ2v) is 10.8. The Hall–Kier alpha value is -2.83. The molecule has 7 heteroatoms. The van der Waals surface area contributed by atoms with Crippen LogP contribution in [-0.4, -0.2) is 26.4 Å². The molecule has 0 fully saturated rings. The maximum atomic E-state index is 13.3. The molecule has 0 spiro atoms. The van der Waals surface area contributed by atoms with Gasteiger partial charge in [0.25, 0.3) is 15.9 Å². The quantitative estimate of drug-likeness (QED) is 0.501. The smallest absolute Gasteiger partial charge is 0.264 e. The highest BCUT2D eigenvalue weighted by Gasteiger charge is 2.36. The van der Waals surface area contributed by atoms with E-state index in [1.807, 2.05) is 38.1 Å². The number of rotatable bonds is 7. The van der Waals surface area contributed by atoms with Gasteiger partial charge < -0.3 is 5.32 Å². The van der Waals surface area contributed by atoms with Gasteiger partial charge in [0.1, 0.15) is 0 Å². The Balaban J connectivity index is 1.48. The van der Waals surface area contributed by atoms with Crippen LogP contribution in [0.3, 0.4) is 0 Å². The number of fused-ring (bicyclic) bond motifs is 1. The van der Waals surface area contributed by atoms with Gasteiger partial charge in [0, 0.05) is 22.7 Å². The van der Waals surface area contributed by atoms with Crippen LogP contribution in [0, 0.1) is 0 Å². The highest BCUT2D eigenvalue weighted by Crippen LogP contribution is 2.37. The van der Waals surface area contributed by atoms with Crippen LogP contribution < -0.4 is 9.62 Å². The van der Waals surface area contributed by atoms with Crippen LogP contribution >= 0.6 is 11.6 Å². The summed E-state index contributed by atoms with van der Waals surface area (Å²) in [5, 5.41) is 3.54. The first-order chi connectivity index (χ1) is 15.8. The van der Waals surface area contributed by atoms with Crippen molar-refractivity contribution in [2.24, 2.45) is 0 Å². The molecule has 1 N–H and O–H groups in total. The first-order valence-electron chi connectivity index (χ1n) is 11.0. The Morgan fingerprint density at radius 2 is 1.79 bits per heavy atom. The van der Waals surface area contributed by atoms with Gasteiger partial charge in [-0.1, -0.05) is 41.9 Å². The van der Waals surface area contributed by atoms with Crippen LogP contribution in [0.4, 0.5) is 5.69 Å². The van der Waals surface area contributed by atoms with Gasteiger partial charge in [-0.05, 0) is 86.7 Å².